The molecule has 1 saturated carbocycles. The Morgan fingerprint density at radius 3 is 2.06 bits per heavy atom. The molecule has 0 radical (unpaired) electrons. The zero-order valence-corrected chi connectivity index (χ0v) is 36.4. The van der Waals surface area contributed by atoms with Gasteiger partial charge in [0.25, 0.3) is 5.91 Å². The lowest BCUT2D eigenvalue weighted by atomic mass is 9.66. The standard InChI is InChI=1S/C49H60FN7O6/c1-63-43-28-41(38(50)27-37(43)45-49(16-4-5-17-49)48(62)57(45)39-6-2-3-7-42(39)58)55-20-14-33(15-21-55)30-53-24-22-52(23-25-53)29-32-12-18-54(19-13-32)35-8-9-36-34(26-35)31-56(47(36)61)40-10-11-44(59)51-46(40)60/h2-3,6-9,26-28,32-33,40,45,58H,4-5,10-25,29-31H2,1H3,(H,51,59,60)/t40?,45-/m0/s1. The molecule has 6 fully saturated rings. The topological polar surface area (TPSA) is 129 Å². The molecule has 3 aromatic rings. The molecule has 0 bridgehead atoms. The number of phenols is 1. The molecule has 0 aromatic heterocycles. The first-order chi connectivity index (χ1) is 30.6. The molecule has 10 rings (SSSR count). The molecule has 6 heterocycles. The van der Waals surface area contributed by atoms with E-state index in [0.717, 1.165) is 128 Å². The highest BCUT2D eigenvalue weighted by atomic mass is 19.1. The van der Waals surface area contributed by atoms with Gasteiger partial charge in [0.05, 0.1) is 29.9 Å². The van der Waals surface area contributed by atoms with Crippen LogP contribution in [-0.2, 0) is 20.9 Å². The number of piperazine rings is 1. The van der Waals surface area contributed by atoms with E-state index in [0.29, 0.717) is 53.1 Å². The number of halogens is 1. The number of imide groups is 1. The van der Waals surface area contributed by atoms with Gasteiger partial charge in [-0.15, -0.1) is 0 Å². The highest BCUT2D eigenvalue weighted by Crippen LogP contribution is 2.62. The van der Waals surface area contributed by atoms with Crippen molar-refractivity contribution in [2.45, 2.75) is 82.8 Å². The maximum absolute atomic E-state index is 16.3. The van der Waals surface area contributed by atoms with Crippen LogP contribution in [0.5, 0.6) is 11.5 Å². The molecular formula is C49H60FN7O6. The van der Waals surface area contributed by atoms with E-state index in [1.165, 1.54) is 0 Å². The number of carbonyl (C=O) groups is 4. The summed E-state index contributed by atoms with van der Waals surface area (Å²) in [5, 5.41) is 13.1. The summed E-state index contributed by atoms with van der Waals surface area (Å²) >= 11 is 0. The second-order valence-electron chi connectivity index (χ2n) is 19.2. The van der Waals surface area contributed by atoms with Crippen molar-refractivity contribution >= 4 is 40.7 Å². The number of rotatable bonds is 10. The number of nitrogens with zero attached hydrogens (tertiary/aromatic N) is 6. The Bertz CT molecular complexity index is 2260. The van der Waals surface area contributed by atoms with Gasteiger partial charge < -0.3 is 34.3 Å². The Morgan fingerprint density at radius 2 is 1.43 bits per heavy atom. The van der Waals surface area contributed by atoms with Crippen LogP contribution in [-0.4, -0.2) is 122 Å². The van der Waals surface area contributed by atoms with Gasteiger partial charge in [0, 0.05) is 101 Å². The minimum Gasteiger partial charge on any atom is -0.506 e. The molecule has 7 aliphatic rings. The Morgan fingerprint density at radius 1 is 0.778 bits per heavy atom. The highest BCUT2D eigenvalue weighted by Gasteiger charge is 2.63. The number of fused-ring (bicyclic) bond motifs is 1. The van der Waals surface area contributed by atoms with E-state index in [9.17, 15) is 24.3 Å². The average Bonchev–Trinajstić information content (AvgIpc) is 3.93. The van der Waals surface area contributed by atoms with Crippen LogP contribution in [0, 0.1) is 23.1 Å². The van der Waals surface area contributed by atoms with Crippen molar-refractivity contribution in [1.29, 1.82) is 0 Å². The fourth-order valence-corrected chi connectivity index (χ4v) is 12.1. The number of para-hydroxylation sites is 2. The number of hydrogen-bond acceptors (Lipinski definition) is 10. The number of ether oxygens (including phenoxy) is 1. The Labute approximate surface area is 369 Å². The lowest BCUT2D eigenvalue weighted by molar-refractivity contribution is -0.140. The van der Waals surface area contributed by atoms with Gasteiger partial charge in [-0.1, -0.05) is 25.0 Å². The molecule has 1 aliphatic carbocycles. The van der Waals surface area contributed by atoms with Crippen molar-refractivity contribution in [2.24, 2.45) is 17.3 Å². The molecule has 14 heteroatoms. The maximum atomic E-state index is 16.3. The summed E-state index contributed by atoms with van der Waals surface area (Å²) < 4.78 is 22.2. The van der Waals surface area contributed by atoms with Crippen molar-refractivity contribution in [3.05, 3.63) is 77.1 Å². The number of hydrogen-bond donors (Lipinski definition) is 2. The van der Waals surface area contributed by atoms with Gasteiger partial charge in [-0.3, -0.25) is 29.4 Å². The van der Waals surface area contributed by atoms with Gasteiger partial charge in [0.1, 0.15) is 23.4 Å². The van der Waals surface area contributed by atoms with E-state index >= 15 is 4.39 Å². The summed E-state index contributed by atoms with van der Waals surface area (Å²) in [6.07, 6.45) is 8.28. The highest BCUT2D eigenvalue weighted by molar-refractivity contribution is 6.08. The smallest absolute Gasteiger partial charge is 0.255 e. The number of amides is 4. The lowest BCUT2D eigenvalue weighted by Crippen LogP contribution is -2.62. The first-order valence-corrected chi connectivity index (χ1v) is 23.3. The third-order valence-corrected chi connectivity index (χ3v) is 15.6. The van der Waals surface area contributed by atoms with E-state index in [1.807, 2.05) is 24.3 Å². The molecule has 1 spiro atoms. The van der Waals surface area contributed by atoms with E-state index in [-0.39, 0.29) is 41.6 Å². The van der Waals surface area contributed by atoms with E-state index < -0.39 is 17.5 Å². The fourth-order valence-electron chi connectivity index (χ4n) is 12.1. The minimum atomic E-state index is -0.602. The van der Waals surface area contributed by atoms with Crippen molar-refractivity contribution in [2.75, 3.05) is 87.3 Å². The van der Waals surface area contributed by atoms with E-state index in [1.54, 1.807) is 41.2 Å². The molecule has 2 atom stereocenters. The monoisotopic (exact) mass is 861 g/mol. The maximum Gasteiger partial charge on any atom is 0.255 e. The van der Waals surface area contributed by atoms with Gasteiger partial charge >= 0.3 is 0 Å². The molecular weight excluding hydrogens is 802 g/mol. The number of β-lactam (4-membered cyclic amide) rings is 1. The summed E-state index contributed by atoms with van der Waals surface area (Å²) in [7, 11) is 1.62. The average molecular weight is 862 g/mol. The Kier molecular flexibility index (Phi) is 11.3. The van der Waals surface area contributed by atoms with Crippen molar-refractivity contribution in [3.63, 3.8) is 0 Å². The molecule has 4 amide bonds. The normalized spacial score (nSPS) is 24.9. The SMILES string of the molecule is COc1cc(N2CCC(CN3CCN(CC4CCN(c5ccc6c(c5)CN(C5CCC(=O)NC5=O)C6=O)CC4)CC3)CC2)c(F)cc1[C@@H]1N(c2ccccc2O)C(=O)C12CCCC2. The zero-order valence-electron chi connectivity index (χ0n) is 36.4. The second-order valence-corrected chi connectivity index (χ2v) is 19.2. The van der Waals surface area contributed by atoms with Gasteiger partial charge in [0.2, 0.25) is 17.7 Å². The number of phenolic OH excluding ortho intramolecular Hbond substituents is 1. The van der Waals surface area contributed by atoms with Gasteiger partial charge in [0.15, 0.2) is 0 Å². The second kappa shape index (κ2) is 17.1. The number of nitrogens with one attached hydrogen (secondary N) is 1. The molecule has 63 heavy (non-hydrogen) atoms. The Balaban J connectivity index is 0.685. The number of anilines is 3. The number of carbonyl (C=O) groups excluding carboxylic acids is 4. The van der Waals surface area contributed by atoms with Crippen molar-refractivity contribution in [3.8, 4) is 11.5 Å². The zero-order chi connectivity index (χ0) is 43.4. The van der Waals surface area contributed by atoms with Gasteiger partial charge in [-0.05, 0) is 98.7 Å². The van der Waals surface area contributed by atoms with Crippen molar-refractivity contribution in [1.82, 2.24) is 20.0 Å². The van der Waals surface area contributed by atoms with Crippen LogP contribution in [0.4, 0.5) is 21.5 Å². The van der Waals surface area contributed by atoms with Crippen LogP contribution in [0.15, 0.2) is 54.6 Å². The van der Waals surface area contributed by atoms with Crippen LogP contribution in [0.3, 0.4) is 0 Å². The molecule has 334 valence electrons. The first kappa shape index (κ1) is 41.8. The van der Waals surface area contributed by atoms with Crippen LogP contribution in [0.1, 0.15) is 91.7 Å². The fraction of sp³-hybridized carbons (Fsp3) is 0.551. The molecule has 6 aliphatic heterocycles. The number of methoxy groups -OCH3 is 1. The summed E-state index contributed by atoms with van der Waals surface area (Å²) in [5.41, 5.74) is 3.81. The molecule has 3 aromatic carbocycles. The molecule has 2 N–H and O–H groups in total. The van der Waals surface area contributed by atoms with E-state index in [2.05, 4.69) is 31.0 Å². The van der Waals surface area contributed by atoms with Crippen molar-refractivity contribution < 1.29 is 33.4 Å². The quantitative estimate of drug-likeness (QED) is 0.194. The number of aromatic hydroxyl groups is 1. The van der Waals surface area contributed by atoms with Crippen LogP contribution >= 0.6 is 0 Å². The predicted octanol–water partition coefficient (Wildman–Crippen LogP) is 5.70. The summed E-state index contributed by atoms with van der Waals surface area (Å²) in [5.74, 6) is 0.755. The van der Waals surface area contributed by atoms with E-state index in [4.69, 9.17) is 4.74 Å². The third kappa shape index (κ3) is 7.70. The predicted molar refractivity (Wildman–Crippen MR) is 237 cm³/mol. The first-order valence-electron chi connectivity index (χ1n) is 23.3. The number of benzene rings is 3. The van der Waals surface area contributed by atoms with Crippen LogP contribution in [0.25, 0.3) is 0 Å². The lowest BCUT2D eigenvalue weighted by Gasteiger charge is -2.55. The number of piperidine rings is 3. The third-order valence-electron chi connectivity index (χ3n) is 15.6. The summed E-state index contributed by atoms with van der Waals surface area (Å²) in [6, 6.07) is 15.4. The molecule has 13 nitrogen and oxygen atoms in total. The molecule has 1 unspecified atom stereocenters. The summed E-state index contributed by atoms with van der Waals surface area (Å²) in [6.45, 7) is 10.4. The van der Waals surface area contributed by atoms with Gasteiger partial charge in [-0.25, -0.2) is 4.39 Å². The van der Waals surface area contributed by atoms with Crippen LogP contribution in [0.2, 0.25) is 0 Å². The summed E-state index contributed by atoms with van der Waals surface area (Å²) in [4.78, 5) is 64.2. The minimum absolute atomic E-state index is 0.00332. The largest absolute Gasteiger partial charge is 0.506 e. The van der Waals surface area contributed by atoms with Gasteiger partial charge in [-0.2, -0.15) is 0 Å². The molecule has 5 saturated heterocycles. The van der Waals surface area contributed by atoms with Crippen LogP contribution < -0.4 is 24.8 Å². The Hall–Kier alpha value is -5.21.